The summed E-state index contributed by atoms with van der Waals surface area (Å²) >= 11 is 0. The molecule has 1 fully saturated rings. The Morgan fingerprint density at radius 2 is 1.42 bits per heavy atom. The summed E-state index contributed by atoms with van der Waals surface area (Å²) in [5.41, 5.74) is -1.15. The van der Waals surface area contributed by atoms with Crippen LogP contribution >= 0.6 is 0 Å². The van der Waals surface area contributed by atoms with E-state index in [4.69, 9.17) is 0 Å². The lowest BCUT2D eigenvalue weighted by atomic mass is 9.62. The first-order valence-corrected chi connectivity index (χ1v) is 8.07. The van der Waals surface area contributed by atoms with E-state index >= 15 is 0 Å². The third-order valence-corrected chi connectivity index (χ3v) is 4.88. The van der Waals surface area contributed by atoms with Crippen molar-refractivity contribution in [2.24, 2.45) is 5.41 Å². The predicted molar refractivity (Wildman–Crippen MR) is 88.1 cm³/mol. The molecule has 1 saturated heterocycles. The number of rotatable bonds is 4. The van der Waals surface area contributed by atoms with Gasteiger partial charge in [-0.15, -0.1) is 13.2 Å². The van der Waals surface area contributed by atoms with Crippen molar-refractivity contribution in [3.63, 3.8) is 0 Å². The summed E-state index contributed by atoms with van der Waals surface area (Å²) in [5, 5.41) is 11.7. The Morgan fingerprint density at radius 1 is 0.962 bits per heavy atom. The molecule has 2 aromatic carbocycles. The van der Waals surface area contributed by atoms with Gasteiger partial charge in [0.25, 0.3) is 0 Å². The molecule has 140 valence electrons. The van der Waals surface area contributed by atoms with Crippen LogP contribution in [0.5, 0.6) is 5.75 Å². The largest absolute Gasteiger partial charge is 0.573 e. The van der Waals surface area contributed by atoms with Gasteiger partial charge in [0.2, 0.25) is 0 Å². The lowest BCUT2D eigenvalue weighted by Gasteiger charge is -2.56. The van der Waals surface area contributed by atoms with Crippen LogP contribution < -0.4 is 4.74 Å². The number of alkyl halides is 3. The molecule has 0 bridgehead atoms. The zero-order valence-electron chi connectivity index (χ0n) is 14.3. The van der Waals surface area contributed by atoms with E-state index in [0.717, 1.165) is 0 Å². The minimum atomic E-state index is -4.78. The Balaban J connectivity index is 2.03. The number of hydrogen-bond acceptors (Lipinski definition) is 3. The van der Waals surface area contributed by atoms with Gasteiger partial charge in [0.15, 0.2) is 0 Å². The molecule has 0 aliphatic carbocycles. The van der Waals surface area contributed by atoms with Gasteiger partial charge < -0.3 is 14.7 Å². The Kier molecular flexibility index (Phi) is 4.48. The van der Waals surface area contributed by atoms with Crippen LogP contribution in [-0.4, -0.2) is 36.5 Å². The third kappa shape index (κ3) is 3.29. The summed E-state index contributed by atoms with van der Waals surface area (Å²) in [6.07, 6.45) is -4.78. The van der Waals surface area contributed by atoms with E-state index in [9.17, 15) is 22.7 Å². The highest BCUT2D eigenvalue weighted by molar-refractivity contribution is 5.42. The van der Waals surface area contributed by atoms with Crippen LogP contribution in [-0.2, 0) is 5.60 Å². The van der Waals surface area contributed by atoms with Crippen LogP contribution in [0, 0.1) is 11.2 Å². The molecule has 1 N–H and O–H groups in total. The van der Waals surface area contributed by atoms with E-state index in [1.165, 1.54) is 48.5 Å². The van der Waals surface area contributed by atoms with Gasteiger partial charge in [-0.25, -0.2) is 4.39 Å². The maximum Gasteiger partial charge on any atom is 0.573 e. The maximum absolute atomic E-state index is 13.3. The minimum absolute atomic E-state index is 0.362. The maximum atomic E-state index is 13.3. The van der Waals surface area contributed by atoms with Crippen LogP contribution in [0.4, 0.5) is 17.6 Å². The van der Waals surface area contributed by atoms with Gasteiger partial charge in [0.05, 0.1) is 0 Å². The average Bonchev–Trinajstić information content (AvgIpc) is 2.52. The van der Waals surface area contributed by atoms with Crippen LogP contribution in [0.15, 0.2) is 48.5 Å². The van der Waals surface area contributed by atoms with Crippen molar-refractivity contribution in [2.45, 2.75) is 18.9 Å². The van der Waals surface area contributed by atoms with Crippen LogP contribution in [0.1, 0.15) is 18.1 Å². The van der Waals surface area contributed by atoms with Crippen molar-refractivity contribution < 1.29 is 27.4 Å². The predicted octanol–water partition coefficient (Wildman–Crippen LogP) is 3.91. The van der Waals surface area contributed by atoms with Gasteiger partial charge >= 0.3 is 6.36 Å². The normalized spacial score (nSPS) is 19.5. The molecular formula is C19H19F4NO2. The Labute approximate surface area is 148 Å². The first kappa shape index (κ1) is 18.7. The number of aliphatic hydroxyl groups is 1. The summed E-state index contributed by atoms with van der Waals surface area (Å²) in [7, 11) is 1.91. The van der Waals surface area contributed by atoms with E-state index in [2.05, 4.69) is 4.74 Å². The molecule has 1 aliphatic heterocycles. The molecule has 3 rings (SSSR count). The molecule has 7 heteroatoms. The number of likely N-dealkylation sites (tertiary alicyclic amines) is 1. The van der Waals surface area contributed by atoms with Crippen molar-refractivity contribution in [1.82, 2.24) is 4.90 Å². The van der Waals surface area contributed by atoms with Gasteiger partial charge in [-0.3, -0.25) is 0 Å². The van der Waals surface area contributed by atoms with E-state index in [0.29, 0.717) is 24.2 Å². The van der Waals surface area contributed by atoms with Crippen LogP contribution in [0.25, 0.3) is 0 Å². The Bertz CT molecular complexity index is 768. The van der Waals surface area contributed by atoms with Crippen molar-refractivity contribution in [1.29, 1.82) is 0 Å². The van der Waals surface area contributed by atoms with Crippen LogP contribution in [0.3, 0.4) is 0 Å². The number of hydrogen-bond donors (Lipinski definition) is 1. The topological polar surface area (TPSA) is 32.7 Å². The van der Waals surface area contributed by atoms with Gasteiger partial charge in [-0.2, -0.15) is 0 Å². The molecule has 0 radical (unpaired) electrons. The fourth-order valence-electron chi connectivity index (χ4n) is 3.83. The van der Waals surface area contributed by atoms with Gasteiger partial charge in [0.1, 0.15) is 17.2 Å². The molecule has 0 spiro atoms. The summed E-state index contributed by atoms with van der Waals surface area (Å²) < 4.78 is 54.3. The number of benzene rings is 2. The fraction of sp³-hybridized carbons (Fsp3) is 0.368. The summed E-state index contributed by atoms with van der Waals surface area (Å²) in [6.45, 7) is 3.07. The van der Waals surface area contributed by atoms with E-state index in [-0.39, 0.29) is 5.75 Å². The van der Waals surface area contributed by atoms with Gasteiger partial charge in [-0.05, 0) is 42.4 Å². The third-order valence-electron chi connectivity index (χ3n) is 4.88. The summed E-state index contributed by atoms with van der Waals surface area (Å²) in [5.74, 6) is -0.792. The molecule has 0 saturated carbocycles. The molecule has 26 heavy (non-hydrogen) atoms. The molecular weight excluding hydrogens is 350 g/mol. The molecule has 2 aromatic rings. The van der Waals surface area contributed by atoms with Crippen molar-refractivity contribution in [2.75, 3.05) is 20.1 Å². The quantitative estimate of drug-likeness (QED) is 0.830. The lowest BCUT2D eigenvalue weighted by molar-refractivity contribution is -0.274. The first-order chi connectivity index (χ1) is 12.0. The molecule has 0 aromatic heterocycles. The minimum Gasteiger partial charge on any atom is -0.406 e. The lowest BCUT2D eigenvalue weighted by Crippen LogP contribution is -2.63. The zero-order chi connectivity index (χ0) is 19.2. The molecule has 3 nitrogen and oxygen atoms in total. The summed E-state index contributed by atoms with van der Waals surface area (Å²) in [6, 6.07) is 10.7. The highest BCUT2D eigenvalue weighted by atomic mass is 19.4. The second kappa shape index (κ2) is 6.25. The molecule has 1 heterocycles. The van der Waals surface area contributed by atoms with E-state index < -0.39 is 23.2 Å². The summed E-state index contributed by atoms with van der Waals surface area (Å²) in [4.78, 5) is 2.02. The molecule has 0 amide bonds. The number of ether oxygens (including phenoxy) is 1. The van der Waals surface area contributed by atoms with Crippen molar-refractivity contribution in [3.8, 4) is 5.75 Å². The van der Waals surface area contributed by atoms with E-state index in [1.807, 2.05) is 18.9 Å². The number of nitrogens with zero attached hydrogens (tertiary/aromatic N) is 1. The number of halogens is 4. The first-order valence-electron chi connectivity index (χ1n) is 8.07. The van der Waals surface area contributed by atoms with Crippen molar-refractivity contribution in [3.05, 3.63) is 65.5 Å². The SMILES string of the molecule is CN1CC(C)([C@@](O)(c2ccc(F)cc2)c2ccc(OC(F)(F)F)cc2)C1. The molecule has 0 unspecified atom stereocenters. The molecule has 1 atom stereocenters. The average molecular weight is 369 g/mol. The standard InChI is InChI=1S/C19H19F4NO2/c1-17(11-24(2)12-17)18(25,13-3-7-15(20)8-4-13)14-5-9-16(10-6-14)26-19(21,22)23/h3-10,25H,11-12H2,1-2H3/t18-/m1/s1. The highest BCUT2D eigenvalue weighted by Crippen LogP contribution is 2.50. The Morgan fingerprint density at radius 3 is 1.85 bits per heavy atom. The fourth-order valence-corrected chi connectivity index (χ4v) is 3.83. The van der Waals surface area contributed by atoms with Crippen molar-refractivity contribution >= 4 is 0 Å². The second-order valence-electron chi connectivity index (χ2n) is 7.02. The van der Waals surface area contributed by atoms with E-state index in [1.54, 1.807) is 0 Å². The van der Waals surface area contributed by atoms with Gasteiger partial charge in [0, 0.05) is 18.5 Å². The smallest absolute Gasteiger partial charge is 0.406 e. The zero-order valence-corrected chi connectivity index (χ0v) is 14.3. The molecule has 1 aliphatic rings. The highest BCUT2D eigenvalue weighted by Gasteiger charge is 2.55. The van der Waals surface area contributed by atoms with Crippen LogP contribution in [0.2, 0.25) is 0 Å². The second-order valence-corrected chi connectivity index (χ2v) is 7.02. The monoisotopic (exact) mass is 369 g/mol. The van der Waals surface area contributed by atoms with Gasteiger partial charge in [-0.1, -0.05) is 31.2 Å². The Hall–Kier alpha value is -2.12.